The monoisotopic (exact) mass is 209 g/mol. The summed E-state index contributed by atoms with van der Waals surface area (Å²) in [5, 5.41) is 9.58. The zero-order valence-electron chi connectivity index (χ0n) is 9.22. The van der Waals surface area contributed by atoms with Gasteiger partial charge in [0.25, 0.3) is 0 Å². The Hall–Kier alpha value is -0.930. The van der Waals surface area contributed by atoms with Gasteiger partial charge in [-0.3, -0.25) is 4.98 Å². The van der Waals surface area contributed by atoms with Gasteiger partial charge in [-0.25, -0.2) is 0 Å². The SMILES string of the molecule is CCCOCC(O)CCc1ccccn1. The summed E-state index contributed by atoms with van der Waals surface area (Å²) in [5.74, 6) is 0. The maximum absolute atomic E-state index is 9.58. The molecular weight excluding hydrogens is 190 g/mol. The molecule has 1 heterocycles. The summed E-state index contributed by atoms with van der Waals surface area (Å²) < 4.78 is 5.26. The van der Waals surface area contributed by atoms with Crippen molar-refractivity contribution in [2.75, 3.05) is 13.2 Å². The van der Waals surface area contributed by atoms with E-state index in [0.29, 0.717) is 13.0 Å². The Morgan fingerprint density at radius 3 is 3.00 bits per heavy atom. The number of pyridine rings is 1. The molecule has 3 nitrogen and oxygen atoms in total. The molecule has 0 spiro atoms. The van der Waals surface area contributed by atoms with Crippen molar-refractivity contribution in [3.05, 3.63) is 30.1 Å². The normalized spacial score (nSPS) is 12.7. The lowest BCUT2D eigenvalue weighted by molar-refractivity contribution is 0.0329. The quantitative estimate of drug-likeness (QED) is 0.696. The van der Waals surface area contributed by atoms with Crippen molar-refractivity contribution in [1.29, 1.82) is 0 Å². The smallest absolute Gasteiger partial charge is 0.0777 e. The van der Waals surface area contributed by atoms with Gasteiger partial charge in [0.1, 0.15) is 0 Å². The van der Waals surface area contributed by atoms with Gasteiger partial charge in [-0.15, -0.1) is 0 Å². The van der Waals surface area contributed by atoms with Crippen molar-refractivity contribution < 1.29 is 9.84 Å². The van der Waals surface area contributed by atoms with Crippen LogP contribution in [0.5, 0.6) is 0 Å². The topological polar surface area (TPSA) is 42.4 Å². The van der Waals surface area contributed by atoms with E-state index in [1.54, 1.807) is 6.20 Å². The summed E-state index contributed by atoms with van der Waals surface area (Å²) >= 11 is 0. The molecule has 1 aromatic rings. The minimum atomic E-state index is -0.376. The number of ether oxygens (including phenoxy) is 1. The lowest BCUT2D eigenvalue weighted by Gasteiger charge is -2.10. The summed E-state index contributed by atoms with van der Waals surface area (Å²) in [4.78, 5) is 4.20. The van der Waals surface area contributed by atoms with E-state index in [4.69, 9.17) is 4.74 Å². The first-order valence-corrected chi connectivity index (χ1v) is 5.48. The second kappa shape index (κ2) is 7.37. The van der Waals surface area contributed by atoms with Gasteiger partial charge in [0, 0.05) is 18.5 Å². The van der Waals surface area contributed by atoms with Crippen LogP contribution in [0.4, 0.5) is 0 Å². The highest BCUT2D eigenvalue weighted by Crippen LogP contribution is 2.02. The molecule has 0 aliphatic carbocycles. The molecule has 0 amide bonds. The second-order valence-corrected chi connectivity index (χ2v) is 3.59. The van der Waals surface area contributed by atoms with E-state index >= 15 is 0 Å². The Bertz CT molecular complexity index is 251. The van der Waals surface area contributed by atoms with Crippen LogP contribution in [0.2, 0.25) is 0 Å². The largest absolute Gasteiger partial charge is 0.391 e. The Kier molecular flexibility index (Phi) is 5.97. The Balaban J connectivity index is 2.14. The first-order valence-electron chi connectivity index (χ1n) is 5.48. The van der Waals surface area contributed by atoms with Crippen LogP contribution >= 0.6 is 0 Å². The van der Waals surface area contributed by atoms with Crippen LogP contribution < -0.4 is 0 Å². The summed E-state index contributed by atoms with van der Waals surface area (Å²) in [7, 11) is 0. The molecule has 0 aromatic carbocycles. The van der Waals surface area contributed by atoms with Crippen LogP contribution in [0.25, 0.3) is 0 Å². The molecule has 0 bridgehead atoms. The van der Waals surface area contributed by atoms with Crippen LogP contribution in [0.3, 0.4) is 0 Å². The first-order chi connectivity index (χ1) is 7.33. The molecule has 3 heteroatoms. The average molecular weight is 209 g/mol. The zero-order chi connectivity index (χ0) is 10.9. The fourth-order valence-electron chi connectivity index (χ4n) is 1.31. The van der Waals surface area contributed by atoms with Gasteiger partial charge < -0.3 is 9.84 Å². The highest BCUT2D eigenvalue weighted by molar-refractivity contribution is 5.03. The number of rotatable bonds is 7. The first kappa shape index (κ1) is 12.1. The molecule has 0 saturated carbocycles. The van der Waals surface area contributed by atoms with E-state index in [1.165, 1.54) is 0 Å². The number of aromatic nitrogens is 1. The van der Waals surface area contributed by atoms with E-state index in [1.807, 2.05) is 18.2 Å². The minimum Gasteiger partial charge on any atom is -0.391 e. The van der Waals surface area contributed by atoms with Crippen LogP contribution in [0.1, 0.15) is 25.5 Å². The van der Waals surface area contributed by atoms with E-state index < -0.39 is 0 Å². The minimum absolute atomic E-state index is 0.376. The Morgan fingerprint density at radius 2 is 2.33 bits per heavy atom. The molecule has 1 atom stereocenters. The molecular formula is C12H19NO2. The molecule has 0 saturated heterocycles. The fraction of sp³-hybridized carbons (Fsp3) is 0.583. The predicted octanol–water partition coefficient (Wildman–Crippen LogP) is 1.80. The molecule has 0 fully saturated rings. The molecule has 15 heavy (non-hydrogen) atoms. The number of aliphatic hydroxyl groups excluding tert-OH is 1. The highest BCUT2D eigenvalue weighted by atomic mass is 16.5. The van der Waals surface area contributed by atoms with E-state index in [2.05, 4.69) is 11.9 Å². The van der Waals surface area contributed by atoms with Gasteiger partial charge in [-0.05, 0) is 31.4 Å². The lowest BCUT2D eigenvalue weighted by atomic mass is 10.1. The summed E-state index contributed by atoms with van der Waals surface area (Å²) in [6, 6.07) is 5.83. The zero-order valence-corrected chi connectivity index (χ0v) is 9.22. The molecule has 1 rings (SSSR count). The molecule has 0 aliphatic heterocycles. The van der Waals surface area contributed by atoms with Crippen molar-refractivity contribution in [2.45, 2.75) is 32.3 Å². The van der Waals surface area contributed by atoms with Crippen molar-refractivity contribution in [3.63, 3.8) is 0 Å². The van der Waals surface area contributed by atoms with Crippen LogP contribution in [0, 0.1) is 0 Å². The van der Waals surface area contributed by atoms with Crippen LogP contribution in [-0.4, -0.2) is 29.4 Å². The molecule has 1 N–H and O–H groups in total. The van der Waals surface area contributed by atoms with Gasteiger partial charge in [0.05, 0.1) is 12.7 Å². The van der Waals surface area contributed by atoms with Crippen LogP contribution in [0.15, 0.2) is 24.4 Å². The molecule has 0 aliphatic rings. The number of hydrogen-bond acceptors (Lipinski definition) is 3. The molecule has 0 radical (unpaired) electrons. The van der Waals surface area contributed by atoms with Gasteiger partial charge >= 0.3 is 0 Å². The molecule has 1 aromatic heterocycles. The van der Waals surface area contributed by atoms with Gasteiger partial charge in [-0.1, -0.05) is 13.0 Å². The third kappa shape index (κ3) is 5.50. The highest BCUT2D eigenvalue weighted by Gasteiger charge is 2.04. The fourth-order valence-corrected chi connectivity index (χ4v) is 1.31. The van der Waals surface area contributed by atoms with E-state index in [0.717, 1.165) is 25.1 Å². The molecule has 84 valence electrons. The van der Waals surface area contributed by atoms with Crippen molar-refractivity contribution in [1.82, 2.24) is 4.98 Å². The van der Waals surface area contributed by atoms with Crippen molar-refractivity contribution >= 4 is 0 Å². The standard InChI is InChI=1S/C12H19NO2/c1-2-9-15-10-12(14)7-6-11-5-3-4-8-13-11/h3-5,8,12,14H,2,6-7,9-10H2,1H3. The predicted molar refractivity (Wildman–Crippen MR) is 59.7 cm³/mol. The number of nitrogens with zero attached hydrogens (tertiary/aromatic N) is 1. The summed E-state index contributed by atoms with van der Waals surface area (Å²) in [6.07, 6.45) is 3.90. The average Bonchev–Trinajstić information content (AvgIpc) is 2.28. The summed E-state index contributed by atoms with van der Waals surface area (Å²) in [6.45, 7) is 3.21. The Morgan fingerprint density at radius 1 is 1.47 bits per heavy atom. The van der Waals surface area contributed by atoms with E-state index in [9.17, 15) is 5.11 Å². The van der Waals surface area contributed by atoms with Crippen molar-refractivity contribution in [3.8, 4) is 0 Å². The second-order valence-electron chi connectivity index (χ2n) is 3.59. The van der Waals surface area contributed by atoms with Crippen LogP contribution in [-0.2, 0) is 11.2 Å². The maximum Gasteiger partial charge on any atom is 0.0777 e. The van der Waals surface area contributed by atoms with E-state index in [-0.39, 0.29) is 6.10 Å². The third-order valence-electron chi connectivity index (χ3n) is 2.12. The van der Waals surface area contributed by atoms with Gasteiger partial charge in [0.2, 0.25) is 0 Å². The van der Waals surface area contributed by atoms with Crippen molar-refractivity contribution in [2.24, 2.45) is 0 Å². The number of aryl methyl sites for hydroxylation is 1. The summed E-state index contributed by atoms with van der Waals surface area (Å²) in [5.41, 5.74) is 1.02. The number of hydrogen-bond donors (Lipinski definition) is 1. The third-order valence-corrected chi connectivity index (χ3v) is 2.12. The van der Waals surface area contributed by atoms with Gasteiger partial charge in [0.15, 0.2) is 0 Å². The molecule has 1 unspecified atom stereocenters. The number of aliphatic hydroxyl groups is 1. The van der Waals surface area contributed by atoms with Gasteiger partial charge in [-0.2, -0.15) is 0 Å². The Labute approximate surface area is 91.1 Å². The maximum atomic E-state index is 9.58. The lowest BCUT2D eigenvalue weighted by Crippen LogP contribution is -2.16.